The molecule has 0 saturated heterocycles. The summed E-state index contributed by atoms with van der Waals surface area (Å²) in [5.41, 5.74) is 3.32. The highest BCUT2D eigenvalue weighted by Crippen LogP contribution is 2.44. The number of rotatable bonds is 4. The van der Waals surface area contributed by atoms with Gasteiger partial charge in [-0.25, -0.2) is 4.68 Å². The van der Waals surface area contributed by atoms with Gasteiger partial charge >= 0.3 is 0 Å². The van der Waals surface area contributed by atoms with Crippen molar-refractivity contribution in [2.45, 2.75) is 39.3 Å². The molecule has 1 aliphatic heterocycles. The lowest BCUT2D eigenvalue weighted by molar-refractivity contribution is -0.122. The van der Waals surface area contributed by atoms with Crippen LogP contribution in [0.1, 0.15) is 49.0 Å². The van der Waals surface area contributed by atoms with Crippen LogP contribution in [0.25, 0.3) is 0 Å². The topological polar surface area (TPSA) is 60.2 Å². The van der Waals surface area contributed by atoms with Gasteiger partial charge in [-0.05, 0) is 25.0 Å². The number of methoxy groups -OCH3 is 1. The first-order valence-electron chi connectivity index (χ1n) is 9.93. The summed E-state index contributed by atoms with van der Waals surface area (Å²) in [5, 5.41) is 4.48. The third-order valence-electron chi connectivity index (χ3n) is 5.51. The average molecular weight is 390 g/mol. The van der Waals surface area contributed by atoms with Crippen LogP contribution in [0.4, 0.5) is 5.95 Å². The van der Waals surface area contributed by atoms with Gasteiger partial charge in [0.05, 0.1) is 19.2 Å². The molecule has 4 rings (SSSR count). The lowest BCUT2D eigenvalue weighted by Crippen LogP contribution is -2.44. The first kappa shape index (κ1) is 19.2. The quantitative estimate of drug-likeness (QED) is 0.666. The van der Waals surface area contributed by atoms with E-state index in [0.29, 0.717) is 12.4 Å². The zero-order valence-corrected chi connectivity index (χ0v) is 17.2. The second kappa shape index (κ2) is 7.70. The summed E-state index contributed by atoms with van der Waals surface area (Å²) in [6, 6.07) is 16.1. The van der Waals surface area contributed by atoms with E-state index < -0.39 is 0 Å². The summed E-state index contributed by atoms with van der Waals surface area (Å²) in [5.74, 6) is 1.29. The molecule has 1 amide bonds. The van der Waals surface area contributed by atoms with Crippen molar-refractivity contribution in [3.05, 3.63) is 71.5 Å². The molecule has 0 N–H and O–H groups in total. The molecular weight excluding hydrogens is 364 g/mol. The lowest BCUT2D eigenvalue weighted by atomic mass is 9.90. The van der Waals surface area contributed by atoms with Crippen molar-refractivity contribution in [3.8, 4) is 5.75 Å². The van der Waals surface area contributed by atoms with Crippen LogP contribution in [0.3, 0.4) is 0 Å². The maximum atomic E-state index is 13.2. The molecule has 0 bridgehead atoms. The number of benzene rings is 2. The third-order valence-corrected chi connectivity index (χ3v) is 5.51. The fraction of sp³-hybridized carbons (Fsp3) is 0.348. The van der Waals surface area contributed by atoms with Gasteiger partial charge in [-0.15, -0.1) is 0 Å². The first-order chi connectivity index (χ1) is 14.0. The Kier molecular flexibility index (Phi) is 5.09. The van der Waals surface area contributed by atoms with Gasteiger partial charge in [-0.3, -0.25) is 9.69 Å². The molecule has 0 saturated carbocycles. The fourth-order valence-electron chi connectivity index (χ4n) is 4.00. The van der Waals surface area contributed by atoms with E-state index in [9.17, 15) is 4.79 Å². The normalized spacial score (nSPS) is 18.6. The first-order valence-corrected chi connectivity index (χ1v) is 9.93. The molecule has 150 valence electrons. The van der Waals surface area contributed by atoms with Crippen molar-refractivity contribution in [2.75, 3.05) is 12.0 Å². The molecule has 6 nitrogen and oxygen atoms in total. The minimum atomic E-state index is -0.143. The Balaban J connectivity index is 1.87. The van der Waals surface area contributed by atoms with Gasteiger partial charge in [0.1, 0.15) is 12.1 Å². The molecule has 0 unspecified atom stereocenters. The number of fused-ring (bicyclic) bond motifs is 1. The molecular formula is C23H26N4O2. The minimum Gasteiger partial charge on any atom is -0.496 e. The summed E-state index contributed by atoms with van der Waals surface area (Å²) in [6.07, 6.45) is 2.22. The average Bonchev–Trinajstić information content (AvgIpc) is 3.22. The number of carbonyl (C=O) groups is 1. The third kappa shape index (κ3) is 3.39. The highest BCUT2D eigenvalue weighted by molar-refractivity contribution is 5.94. The Bertz CT molecular complexity index is 1010. The molecule has 3 aromatic rings. The van der Waals surface area contributed by atoms with Gasteiger partial charge in [-0.1, -0.05) is 61.9 Å². The summed E-state index contributed by atoms with van der Waals surface area (Å²) in [7, 11) is 1.68. The molecule has 0 fully saturated rings. The predicted octanol–water partition coefficient (Wildman–Crippen LogP) is 4.32. The standard InChI is InChI=1S/C23H26N4O2/c1-15(2)22(28)26-19(17-11-9-16(3)10-12-17)13-20(27-23(26)24-14-25-27)18-7-5-6-8-21(18)29-4/h5-12,14-15,19-20H,13H2,1-4H3/t19-,20-/m1/s1. The Morgan fingerprint density at radius 2 is 1.83 bits per heavy atom. The van der Waals surface area contributed by atoms with Crippen LogP contribution in [0.2, 0.25) is 0 Å². The van der Waals surface area contributed by atoms with Crippen LogP contribution in [-0.2, 0) is 4.79 Å². The Morgan fingerprint density at radius 1 is 1.10 bits per heavy atom. The smallest absolute Gasteiger partial charge is 0.232 e. The van der Waals surface area contributed by atoms with Crippen molar-refractivity contribution >= 4 is 11.9 Å². The number of carbonyl (C=O) groups excluding carboxylic acids is 1. The highest BCUT2D eigenvalue weighted by atomic mass is 16.5. The largest absolute Gasteiger partial charge is 0.496 e. The summed E-state index contributed by atoms with van der Waals surface area (Å²) >= 11 is 0. The van der Waals surface area contributed by atoms with Crippen LogP contribution in [0.5, 0.6) is 5.75 Å². The van der Waals surface area contributed by atoms with E-state index >= 15 is 0 Å². The van der Waals surface area contributed by atoms with Crippen LogP contribution < -0.4 is 9.64 Å². The van der Waals surface area contributed by atoms with E-state index in [-0.39, 0.29) is 23.9 Å². The number of aryl methyl sites for hydroxylation is 1. The van der Waals surface area contributed by atoms with Gasteiger partial charge in [0.15, 0.2) is 0 Å². The molecule has 0 spiro atoms. The number of hydrogen-bond acceptors (Lipinski definition) is 4. The van der Waals surface area contributed by atoms with E-state index in [1.165, 1.54) is 11.9 Å². The molecule has 1 aromatic heterocycles. The van der Waals surface area contributed by atoms with Crippen molar-refractivity contribution in [1.29, 1.82) is 0 Å². The molecule has 2 aromatic carbocycles. The maximum Gasteiger partial charge on any atom is 0.232 e. The van der Waals surface area contributed by atoms with E-state index in [1.54, 1.807) is 7.11 Å². The van der Waals surface area contributed by atoms with Gasteiger partial charge in [0, 0.05) is 11.5 Å². The van der Waals surface area contributed by atoms with Crippen molar-refractivity contribution in [3.63, 3.8) is 0 Å². The summed E-state index contributed by atoms with van der Waals surface area (Å²) in [4.78, 5) is 19.5. The molecule has 2 heterocycles. The van der Waals surface area contributed by atoms with Gasteiger partial charge in [-0.2, -0.15) is 10.1 Å². The number of aromatic nitrogens is 3. The maximum absolute atomic E-state index is 13.2. The Labute approximate surface area is 171 Å². The van der Waals surface area contributed by atoms with E-state index in [4.69, 9.17) is 4.74 Å². The number of para-hydroxylation sites is 1. The SMILES string of the molecule is COc1ccccc1[C@H]1C[C@H](c2ccc(C)cc2)N(C(=O)C(C)C)c2ncnn21. The molecule has 6 heteroatoms. The molecule has 0 aliphatic carbocycles. The van der Waals surface area contributed by atoms with E-state index in [1.807, 2.05) is 41.6 Å². The Hall–Kier alpha value is -3.15. The zero-order valence-electron chi connectivity index (χ0n) is 17.2. The summed E-state index contributed by atoms with van der Waals surface area (Å²) < 4.78 is 7.47. The second-order valence-corrected chi connectivity index (χ2v) is 7.79. The molecule has 2 atom stereocenters. The summed E-state index contributed by atoms with van der Waals surface area (Å²) in [6.45, 7) is 5.90. The highest BCUT2D eigenvalue weighted by Gasteiger charge is 2.40. The van der Waals surface area contributed by atoms with Crippen LogP contribution in [-0.4, -0.2) is 27.8 Å². The van der Waals surface area contributed by atoms with Gasteiger partial charge < -0.3 is 4.74 Å². The van der Waals surface area contributed by atoms with Crippen LogP contribution in [0, 0.1) is 12.8 Å². The van der Waals surface area contributed by atoms with E-state index in [2.05, 4.69) is 47.3 Å². The molecule has 0 radical (unpaired) electrons. The van der Waals surface area contributed by atoms with Gasteiger partial charge in [0.2, 0.25) is 11.9 Å². The monoisotopic (exact) mass is 390 g/mol. The van der Waals surface area contributed by atoms with Crippen molar-refractivity contribution in [1.82, 2.24) is 14.8 Å². The van der Waals surface area contributed by atoms with Crippen molar-refractivity contribution < 1.29 is 9.53 Å². The molecule has 1 aliphatic rings. The lowest BCUT2D eigenvalue weighted by Gasteiger charge is -2.40. The number of anilines is 1. The van der Waals surface area contributed by atoms with E-state index in [0.717, 1.165) is 16.9 Å². The minimum absolute atomic E-state index is 0.0447. The number of hydrogen-bond donors (Lipinski definition) is 0. The fourth-order valence-corrected chi connectivity index (χ4v) is 4.00. The molecule has 29 heavy (non-hydrogen) atoms. The van der Waals surface area contributed by atoms with Crippen LogP contribution in [0.15, 0.2) is 54.9 Å². The number of amides is 1. The number of ether oxygens (including phenoxy) is 1. The predicted molar refractivity (Wildman–Crippen MR) is 112 cm³/mol. The van der Waals surface area contributed by atoms with Crippen LogP contribution >= 0.6 is 0 Å². The zero-order chi connectivity index (χ0) is 20.5. The van der Waals surface area contributed by atoms with Gasteiger partial charge in [0.25, 0.3) is 0 Å². The van der Waals surface area contributed by atoms with Crippen molar-refractivity contribution in [2.24, 2.45) is 5.92 Å². The Morgan fingerprint density at radius 3 is 2.52 bits per heavy atom. The second-order valence-electron chi connectivity index (χ2n) is 7.79. The number of nitrogens with zero attached hydrogens (tertiary/aromatic N) is 4.